The second-order valence-corrected chi connectivity index (χ2v) is 14.0. The first-order valence-corrected chi connectivity index (χ1v) is 17.5. The van der Waals surface area contributed by atoms with Crippen LogP contribution in [0.15, 0.2) is 89.1 Å². The molecule has 0 aliphatic rings. The third kappa shape index (κ3) is 7.91. The number of thioether (sulfide) groups is 1. The number of carbonyl (C=O) groups is 4. The summed E-state index contributed by atoms with van der Waals surface area (Å²) in [5.74, 6) is -3.41. The van der Waals surface area contributed by atoms with Crippen molar-refractivity contribution in [3.05, 3.63) is 132 Å². The molecule has 1 atom stereocenters. The normalized spacial score (nSPS) is 11.5. The molecule has 1 heterocycles. The first-order chi connectivity index (χ1) is 23.4. The number of carboxylic acids is 1. The molecule has 5 aromatic rings. The molecule has 1 aromatic heterocycles. The van der Waals surface area contributed by atoms with Crippen molar-refractivity contribution in [2.45, 2.75) is 17.1 Å². The van der Waals surface area contributed by atoms with Gasteiger partial charge < -0.3 is 20.5 Å². The summed E-state index contributed by atoms with van der Waals surface area (Å²) < 4.78 is 5.08. The first-order valence-electron chi connectivity index (χ1n) is 14.2. The molecule has 0 radical (unpaired) electrons. The van der Waals surface area contributed by atoms with Gasteiger partial charge in [-0.2, -0.15) is 0 Å². The van der Waals surface area contributed by atoms with E-state index in [1.54, 1.807) is 53.9 Å². The van der Waals surface area contributed by atoms with Crippen LogP contribution in [0.25, 0.3) is 11.1 Å². The fourth-order valence-electron chi connectivity index (χ4n) is 4.80. The number of anilines is 2. The Bertz CT molecular complexity index is 2090. The van der Waals surface area contributed by atoms with Gasteiger partial charge in [0, 0.05) is 21.5 Å². The predicted octanol–water partition coefficient (Wildman–Crippen LogP) is 10.5. The number of aryl methyl sites for hydroxylation is 1. The molecule has 14 heteroatoms. The van der Waals surface area contributed by atoms with E-state index in [1.165, 1.54) is 30.2 Å². The third-order valence-corrected chi connectivity index (χ3v) is 11.1. The van der Waals surface area contributed by atoms with E-state index in [-0.39, 0.29) is 26.3 Å². The van der Waals surface area contributed by atoms with Gasteiger partial charge in [0.2, 0.25) is 5.91 Å². The van der Waals surface area contributed by atoms with Crippen LogP contribution in [-0.4, -0.2) is 36.0 Å². The van der Waals surface area contributed by atoms with Gasteiger partial charge >= 0.3 is 11.9 Å². The smallest absolute Gasteiger partial charge is 0.341 e. The number of nitrogens with one attached hydrogen (secondary N) is 2. The number of amides is 2. The van der Waals surface area contributed by atoms with Crippen molar-refractivity contribution >= 4 is 104 Å². The van der Waals surface area contributed by atoms with Crippen LogP contribution in [0.4, 0.5) is 10.7 Å². The Morgan fingerprint density at radius 2 is 1.45 bits per heavy atom. The quantitative estimate of drug-likeness (QED) is 0.0559. The fraction of sp³-hybridized carbons (Fsp3) is 0.0857. The SMILES string of the molecule is COC(=O)c1c(-c2ccc(C)cc2)csc1NC(=O)C(Sc1cccc(NC(=O)c2c(Cl)c(Cl)c(Cl)c(Cl)c2C(=O)O)c1)c1ccccc1. The van der Waals surface area contributed by atoms with Crippen molar-refractivity contribution in [3.8, 4) is 11.1 Å². The van der Waals surface area contributed by atoms with Crippen molar-refractivity contribution in [2.24, 2.45) is 0 Å². The van der Waals surface area contributed by atoms with E-state index in [1.807, 2.05) is 37.3 Å². The highest BCUT2D eigenvalue weighted by Gasteiger charge is 2.30. The lowest BCUT2D eigenvalue weighted by Gasteiger charge is -2.18. The van der Waals surface area contributed by atoms with Crippen LogP contribution in [-0.2, 0) is 9.53 Å². The van der Waals surface area contributed by atoms with Gasteiger partial charge in [0.15, 0.2) is 0 Å². The van der Waals surface area contributed by atoms with Crippen molar-refractivity contribution in [1.29, 1.82) is 0 Å². The molecular weight excluding hydrogens is 750 g/mol. The van der Waals surface area contributed by atoms with Gasteiger partial charge in [0.05, 0.1) is 38.3 Å². The summed E-state index contributed by atoms with van der Waals surface area (Å²) >= 11 is 26.9. The summed E-state index contributed by atoms with van der Waals surface area (Å²) in [6, 6.07) is 23.3. The number of rotatable bonds is 10. The Balaban J connectivity index is 1.45. The van der Waals surface area contributed by atoms with Gasteiger partial charge in [-0.1, -0.05) is 113 Å². The summed E-state index contributed by atoms with van der Waals surface area (Å²) in [5, 5.41) is 15.3. The van der Waals surface area contributed by atoms with Gasteiger partial charge in [-0.25, -0.2) is 9.59 Å². The Labute approximate surface area is 309 Å². The monoisotopic (exact) mass is 772 g/mol. The van der Waals surface area contributed by atoms with Crippen LogP contribution in [0.2, 0.25) is 20.1 Å². The van der Waals surface area contributed by atoms with E-state index in [9.17, 15) is 24.3 Å². The number of carboxylic acid groups (broad SMARTS) is 1. The van der Waals surface area contributed by atoms with E-state index >= 15 is 0 Å². The predicted molar refractivity (Wildman–Crippen MR) is 197 cm³/mol. The highest BCUT2D eigenvalue weighted by Crippen LogP contribution is 2.43. The molecule has 2 amide bonds. The van der Waals surface area contributed by atoms with Crippen molar-refractivity contribution in [2.75, 3.05) is 17.7 Å². The summed E-state index contributed by atoms with van der Waals surface area (Å²) in [5.41, 5.74) is 2.62. The average Bonchev–Trinajstić information content (AvgIpc) is 3.51. The molecule has 8 nitrogen and oxygen atoms in total. The van der Waals surface area contributed by atoms with Gasteiger partial charge in [0.25, 0.3) is 5.91 Å². The van der Waals surface area contributed by atoms with E-state index < -0.39 is 45.2 Å². The van der Waals surface area contributed by atoms with E-state index in [2.05, 4.69) is 10.6 Å². The second kappa shape index (κ2) is 15.7. The number of hydrogen-bond donors (Lipinski definition) is 3. The molecule has 0 saturated heterocycles. The molecule has 49 heavy (non-hydrogen) atoms. The minimum Gasteiger partial charge on any atom is -0.478 e. The van der Waals surface area contributed by atoms with Crippen molar-refractivity contribution in [1.82, 2.24) is 0 Å². The number of esters is 1. The summed E-state index contributed by atoms with van der Waals surface area (Å²) in [4.78, 5) is 52.9. The summed E-state index contributed by atoms with van der Waals surface area (Å²) in [6.45, 7) is 1.96. The maximum atomic E-state index is 14.0. The number of thiophene rings is 1. The number of aromatic carboxylic acids is 1. The number of ether oxygens (including phenoxy) is 1. The highest BCUT2D eigenvalue weighted by molar-refractivity contribution is 8.00. The van der Waals surface area contributed by atoms with Crippen LogP contribution >= 0.6 is 69.5 Å². The minimum absolute atomic E-state index is 0.244. The van der Waals surface area contributed by atoms with Crippen molar-refractivity contribution < 1.29 is 29.0 Å². The number of halogens is 4. The van der Waals surface area contributed by atoms with E-state index in [0.717, 1.165) is 11.1 Å². The molecule has 0 fully saturated rings. The summed E-state index contributed by atoms with van der Waals surface area (Å²) in [7, 11) is 1.28. The maximum Gasteiger partial charge on any atom is 0.341 e. The molecule has 4 aromatic carbocycles. The number of benzene rings is 4. The Hall–Kier alpha value is -4.03. The molecule has 0 aliphatic heterocycles. The van der Waals surface area contributed by atoms with Crippen LogP contribution in [0.1, 0.15) is 47.5 Å². The Kier molecular flexibility index (Phi) is 11.6. The topological polar surface area (TPSA) is 122 Å². The minimum atomic E-state index is -1.52. The average molecular weight is 775 g/mol. The Morgan fingerprint density at radius 1 is 0.796 bits per heavy atom. The zero-order valence-corrected chi connectivity index (χ0v) is 30.1. The lowest BCUT2D eigenvalue weighted by molar-refractivity contribution is -0.115. The largest absolute Gasteiger partial charge is 0.478 e. The number of methoxy groups -OCH3 is 1. The molecule has 0 aliphatic carbocycles. The molecule has 5 rings (SSSR count). The lowest BCUT2D eigenvalue weighted by Crippen LogP contribution is -2.20. The molecule has 1 unspecified atom stereocenters. The van der Waals surface area contributed by atoms with Crippen LogP contribution in [0, 0.1) is 6.92 Å². The lowest BCUT2D eigenvalue weighted by atomic mass is 10.0. The molecule has 0 saturated carbocycles. The maximum absolute atomic E-state index is 14.0. The highest BCUT2D eigenvalue weighted by atomic mass is 35.5. The van der Waals surface area contributed by atoms with E-state index in [4.69, 9.17) is 51.1 Å². The Morgan fingerprint density at radius 3 is 2.08 bits per heavy atom. The molecule has 0 spiro atoms. The summed E-state index contributed by atoms with van der Waals surface area (Å²) in [6.07, 6.45) is 0. The number of hydrogen-bond acceptors (Lipinski definition) is 7. The first kappa shape index (κ1) is 36.3. The molecule has 3 N–H and O–H groups in total. The molecule has 0 bridgehead atoms. The van der Waals surface area contributed by atoms with Crippen molar-refractivity contribution in [3.63, 3.8) is 0 Å². The standard InChI is InChI=1S/C35H24Cl4N2O6S2/c1-17-11-13-18(14-12-17)22-16-48-33(23(22)35(46)47-2)41-32(43)30(19-7-4-3-5-8-19)49-21-10-6-9-20(15-21)40-31(42)24-25(34(44)45)27(37)29(39)28(38)26(24)36/h3-16,30H,1-2H3,(H,40,42)(H,41,43)(H,44,45). The van der Waals surface area contributed by atoms with Gasteiger partial charge in [-0.05, 0) is 36.2 Å². The van der Waals surface area contributed by atoms with Gasteiger partial charge in [-0.15, -0.1) is 23.1 Å². The second-order valence-electron chi connectivity index (χ2n) is 10.4. The fourth-order valence-corrected chi connectivity index (χ4v) is 7.86. The van der Waals surface area contributed by atoms with Crippen LogP contribution in [0.3, 0.4) is 0 Å². The third-order valence-electron chi connectivity index (χ3n) is 7.17. The van der Waals surface area contributed by atoms with Gasteiger partial charge in [0.1, 0.15) is 15.8 Å². The number of carbonyl (C=O) groups excluding carboxylic acids is 3. The zero-order chi connectivity index (χ0) is 35.4. The molecule has 250 valence electrons. The van der Waals surface area contributed by atoms with E-state index in [0.29, 0.717) is 21.0 Å². The van der Waals surface area contributed by atoms with Gasteiger partial charge in [-0.3, -0.25) is 9.59 Å². The molecular formula is C35H24Cl4N2O6S2. The van der Waals surface area contributed by atoms with Crippen LogP contribution in [0.5, 0.6) is 0 Å². The van der Waals surface area contributed by atoms with Crippen LogP contribution < -0.4 is 10.6 Å². The zero-order valence-electron chi connectivity index (χ0n) is 25.5.